The minimum atomic E-state index is 0.00225. The van der Waals surface area contributed by atoms with Gasteiger partial charge in [-0.2, -0.15) is 5.06 Å². The van der Waals surface area contributed by atoms with Crippen molar-refractivity contribution in [2.24, 2.45) is 0 Å². The average molecular weight is 264 g/mol. The van der Waals surface area contributed by atoms with E-state index in [-0.39, 0.29) is 6.04 Å². The normalized spacial score (nSPS) is 24.4. The number of hydroxylamine groups is 2. The summed E-state index contributed by atoms with van der Waals surface area (Å²) in [6.45, 7) is 5.94. The summed E-state index contributed by atoms with van der Waals surface area (Å²) in [5, 5.41) is 21.8. The van der Waals surface area contributed by atoms with Gasteiger partial charge in [0, 0.05) is 45.8 Å². The largest absolute Gasteiger partial charge is 0.314 e. The van der Waals surface area contributed by atoms with Crippen LogP contribution in [0, 0.1) is 0 Å². The fraction of sp³-hybridized carbons (Fsp3) is 0.571. The third kappa shape index (κ3) is 4.89. The van der Waals surface area contributed by atoms with E-state index >= 15 is 0 Å². The molecule has 0 aromatic heterocycles. The first kappa shape index (κ1) is 14.4. The van der Waals surface area contributed by atoms with Crippen molar-refractivity contribution in [3.63, 3.8) is 0 Å². The van der Waals surface area contributed by atoms with Crippen LogP contribution in [0.15, 0.2) is 30.3 Å². The van der Waals surface area contributed by atoms with Gasteiger partial charge >= 0.3 is 0 Å². The molecule has 19 heavy (non-hydrogen) atoms. The summed E-state index contributed by atoms with van der Waals surface area (Å²) in [5.74, 6) is 0. The lowest BCUT2D eigenvalue weighted by molar-refractivity contribution is -0.126. The van der Waals surface area contributed by atoms with Gasteiger partial charge < -0.3 is 21.2 Å². The first-order chi connectivity index (χ1) is 9.38. The van der Waals surface area contributed by atoms with Crippen LogP contribution in [0.25, 0.3) is 0 Å². The molecular weight excluding hydrogens is 240 g/mol. The van der Waals surface area contributed by atoms with Crippen LogP contribution < -0.4 is 16.0 Å². The maximum atomic E-state index is 10.2. The second-order valence-corrected chi connectivity index (χ2v) is 4.79. The number of hydrogen-bond donors (Lipinski definition) is 4. The van der Waals surface area contributed by atoms with Crippen LogP contribution in [0.2, 0.25) is 0 Å². The lowest BCUT2D eigenvalue weighted by Gasteiger charge is -2.27. The smallest absolute Gasteiger partial charge is 0.0724 e. The predicted molar refractivity (Wildman–Crippen MR) is 76.3 cm³/mol. The highest BCUT2D eigenvalue weighted by molar-refractivity contribution is 5.19. The predicted octanol–water partition coefficient (Wildman–Crippen LogP) is 0.201. The van der Waals surface area contributed by atoms with E-state index in [1.807, 2.05) is 18.2 Å². The Morgan fingerprint density at radius 2 is 1.53 bits per heavy atom. The second kappa shape index (κ2) is 8.24. The number of nitrogens with zero attached hydrogens (tertiary/aromatic N) is 1. The van der Waals surface area contributed by atoms with Crippen molar-refractivity contribution in [1.82, 2.24) is 21.0 Å². The van der Waals surface area contributed by atoms with Crippen LogP contribution in [0.3, 0.4) is 0 Å². The first-order valence-electron chi connectivity index (χ1n) is 7.00. The first-order valence-corrected chi connectivity index (χ1v) is 7.00. The Kier molecular flexibility index (Phi) is 6.26. The van der Waals surface area contributed by atoms with E-state index in [1.165, 1.54) is 5.06 Å². The van der Waals surface area contributed by atoms with Crippen LogP contribution in [0.1, 0.15) is 11.6 Å². The summed E-state index contributed by atoms with van der Waals surface area (Å²) in [6, 6.07) is 10.2. The van der Waals surface area contributed by atoms with Gasteiger partial charge in [-0.25, -0.2) is 0 Å². The van der Waals surface area contributed by atoms with E-state index in [2.05, 4.69) is 28.1 Å². The van der Waals surface area contributed by atoms with Crippen molar-refractivity contribution in [2.45, 2.75) is 6.04 Å². The molecule has 0 radical (unpaired) electrons. The maximum Gasteiger partial charge on any atom is 0.0724 e. The topological polar surface area (TPSA) is 59.6 Å². The zero-order valence-corrected chi connectivity index (χ0v) is 11.3. The summed E-state index contributed by atoms with van der Waals surface area (Å²) in [5.41, 5.74) is 1.14. The van der Waals surface area contributed by atoms with E-state index in [0.29, 0.717) is 6.54 Å². The molecule has 1 saturated heterocycles. The van der Waals surface area contributed by atoms with Crippen LogP contribution in [-0.2, 0) is 0 Å². The molecule has 2 rings (SSSR count). The fourth-order valence-corrected chi connectivity index (χ4v) is 2.26. The minimum Gasteiger partial charge on any atom is -0.314 e. The van der Waals surface area contributed by atoms with Gasteiger partial charge in [0.1, 0.15) is 0 Å². The monoisotopic (exact) mass is 264 g/mol. The Morgan fingerprint density at radius 3 is 2.26 bits per heavy atom. The van der Waals surface area contributed by atoms with Crippen molar-refractivity contribution < 1.29 is 5.21 Å². The highest BCUT2D eigenvalue weighted by Gasteiger charge is 2.18. The van der Waals surface area contributed by atoms with Crippen molar-refractivity contribution in [3.8, 4) is 0 Å². The number of nitrogens with one attached hydrogen (secondary N) is 3. The van der Waals surface area contributed by atoms with E-state index < -0.39 is 0 Å². The van der Waals surface area contributed by atoms with Crippen LogP contribution >= 0.6 is 0 Å². The summed E-state index contributed by atoms with van der Waals surface area (Å²) in [7, 11) is 0. The molecule has 5 heteroatoms. The summed E-state index contributed by atoms with van der Waals surface area (Å²) in [6.07, 6.45) is 0. The van der Waals surface area contributed by atoms with Gasteiger partial charge in [-0.15, -0.1) is 0 Å². The number of rotatable bonds is 1. The zero-order chi connectivity index (χ0) is 13.3. The van der Waals surface area contributed by atoms with Gasteiger partial charge in [0.2, 0.25) is 0 Å². The van der Waals surface area contributed by atoms with Crippen molar-refractivity contribution in [1.29, 1.82) is 0 Å². The Hall–Kier alpha value is -0.980. The number of hydrogen-bond acceptors (Lipinski definition) is 5. The van der Waals surface area contributed by atoms with E-state index in [0.717, 1.165) is 44.8 Å². The standard InChI is InChI=1S/C14H24N4O/c19-18-11-10-16-7-6-15-8-9-17-12-14(18)13-4-2-1-3-5-13/h1-5,14-17,19H,6-12H2. The van der Waals surface area contributed by atoms with Crippen LogP contribution in [0.5, 0.6) is 0 Å². The summed E-state index contributed by atoms with van der Waals surface area (Å²) in [4.78, 5) is 0. The molecule has 1 atom stereocenters. The van der Waals surface area contributed by atoms with E-state index in [4.69, 9.17) is 0 Å². The van der Waals surface area contributed by atoms with Crippen molar-refractivity contribution in [3.05, 3.63) is 35.9 Å². The molecule has 1 aliphatic heterocycles. The van der Waals surface area contributed by atoms with Gasteiger partial charge in [0.05, 0.1) is 6.04 Å². The van der Waals surface area contributed by atoms with Gasteiger partial charge in [0.25, 0.3) is 0 Å². The highest BCUT2D eigenvalue weighted by Crippen LogP contribution is 2.17. The Balaban J connectivity index is 1.99. The molecule has 1 aromatic rings. The lowest BCUT2D eigenvalue weighted by atomic mass is 10.1. The molecule has 1 heterocycles. The Bertz CT molecular complexity index is 347. The van der Waals surface area contributed by atoms with E-state index in [9.17, 15) is 5.21 Å². The summed E-state index contributed by atoms with van der Waals surface area (Å²) >= 11 is 0. The van der Waals surface area contributed by atoms with Gasteiger partial charge in [-0.3, -0.25) is 0 Å². The molecule has 0 aliphatic carbocycles. The van der Waals surface area contributed by atoms with Crippen molar-refractivity contribution >= 4 is 0 Å². The van der Waals surface area contributed by atoms with E-state index in [1.54, 1.807) is 0 Å². The second-order valence-electron chi connectivity index (χ2n) is 4.79. The van der Waals surface area contributed by atoms with Crippen molar-refractivity contribution in [2.75, 3.05) is 45.8 Å². The lowest BCUT2D eigenvalue weighted by Crippen LogP contribution is -2.42. The highest BCUT2D eigenvalue weighted by atomic mass is 16.5. The van der Waals surface area contributed by atoms with Crippen LogP contribution in [0.4, 0.5) is 0 Å². The molecule has 0 saturated carbocycles. The number of benzene rings is 1. The fourth-order valence-electron chi connectivity index (χ4n) is 2.26. The maximum absolute atomic E-state index is 10.2. The van der Waals surface area contributed by atoms with Crippen LogP contribution in [-0.4, -0.2) is 56.1 Å². The third-order valence-corrected chi connectivity index (χ3v) is 3.36. The molecule has 1 aliphatic rings. The molecule has 106 valence electrons. The third-order valence-electron chi connectivity index (χ3n) is 3.36. The molecule has 0 amide bonds. The molecule has 1 unspecified atom stereocenters. The average Bonchev–Trinajstić information content (AvgIpc) is 2.44. The Labute approximate surface area is 115 Å². The van der Waals surface area contributed by atoms with Gasteiger partial charge in [-0.05, 0) is 5.56 Å². The van der Waals surface area contributed by atoms with Gasteiger partial charge in [0.15, 0.2) is 0 Å². The molecule has 0 spiro atoms. The minimum absolute atomic E-state index is 0.00225. The molecule has 0 bridgehead atoms. The van der Waals surface area contributed by atoms with Gasteiger partial charge in [-0.1, -0.05) is 30.3 Å². The molecular formula is C14H24N4O. The summed E-state index contributed by atoms with van der Waals surface area (Å²) < 4.78 is 0. The SMILES string of the molecule is ON1CCNCCNCCNCC1c1ccccc1. The molecule has 4 N–H and O–H groups in total. The molecule has 1 aromatic carbocycles. The molecule has 5 nitrogen and oxygen atoms in total. The Morgan fingerprint density at radius 1 is 0.895 bits per heavy atom. The zero-order valence-electron chi connectivity index (χ0n) is 11.3. The molecule has 1 fully saturated rings. The quantitative estimate of drug-likeness (QED) is 0.584.